The highest BCUT2D eigenvalue weighted by Crippen LogP contribution is 2.41. The maximum Gasteiger partial charge on any atom is 0.211 e. The number of nitrogens with zero attached hydrogens (tertiary/aromatic N) is 1. The van der Waals surface area contributed by atoms with Crippen molar-refractivity contribution in [1.82, 2.24) is 9.62 Å². The van der Waals surface area contributed by atoms with Crippen LogP contribution in [0.5, 0.6) is 0 Å². The highest BCUT2D eigenvalue weighted by atomic mass is 32.2. The summed E-state index contributed by atoms with van der Waals surface area (Å²) in [5, 5.41) is 0. The number of furan rings is 1. The van der Waals surface area contributed by atoms with Gasteiger partial charge in [-0.2, -0.15) is 0 Å². The van der Waals surface area contributed by atoms with Crippen LogP contribution in [-0.4, -0.2) is 51.4 Å². The van der Waals surface area contributed by atoms with Crippen molar-refractivity contribution in [3.63, 3.8) is 0 Å². The quantitative estimate of drug-likeness (QED) is 0.872. The van der Waals surface area contributed by atoms with Gasteiger partial charge >= 0.3 is 0 Å². The van der Waals surface area contributed by atoms with Crippen molar-refractivity contribution in [2.24, 2.45) is 5.41 Å². The van der Waals surface area contributed by atoms with E-state index in [1.807, 2.05) is 19.1 Å². The summed E-state index contributed by atoms with van der Waals surface area (Å²) >= 11 is 0. The molecule has 2 saturated heterocycles. The Morgan fingerprint density at radius 3 is 2.67 bits per heavy atom. The van der Waals surface area contributed by atoms with Gasteiger partial charge in [-0.15, -0.1) is 0 Å². The number of likely N-dealkylation sites (tertiary alicyclic amines) is 1. The Morgan fingerprint density at radius 2 is 2.04 bits per heavy atom. The van der Waals surface area contributed by atoms with E-state index < -0.39 is 10.0 Å². The summed E-state index contributed by atoms with van der Waals surface area (Å²) in [5.41, 5.74) is 0.0239. The van der Waals surface area contributed by atoms with E-state index in [1.54, 1.807) is 6.92 Å². The minimum atomic E-state index is -3.21. The monoisotopic (exact) mass is 356 g/mol. The molecule has 3 rings (SSSR count). The normalized spacial score (nSPS) is 25.2. The SMILES string of the molecule is CCS(=O)(=O)N[C@H]1COCCC12CCN(Cc1ccc(C)o1)CC2. The molecule has 7 heteroatoms. The zero-order chi connectivity index (χ0) is 17.2. The average Bonchev–Trinajstić information content (AvgIpc) is 2.97. The van der Waals surface area contributed by atoms with E-state index in [9.17, 15) is 8.42 Å². The largest absolute Gasteiger partial charge is 0.465 e. The van der Waals surface area contributed by atoms with Crippen molar-refractivity contribution >= 4 is 10.0 Å². The lowest BCUT2D eigenvalue weighted by Gasteiger charge is -2.48. The summed E-state index contributed by atoms with van der Waals surface area (Å²) in [4.78, 5) is 2.39. The molecule has 1 aromatic heterocycles. The predicted octanol–water partition coefficient (Wildman–Crippen LogP) is 1.90. The van der Waals surface area contributed by atoms with Gasteiger partial charge in [0.05, 0.1) is 24.9 Å². The second-order valence-corrected chi connectivity index (χ2v) is 9.09. The van der Waals surface area contributed by atoms with Crippen molar-refractivity contribution in [2.45, 2.75) is 45.7 Å². The van der Waals surface area contributed by atoms with Crippen LogP contribution in [0.4, 0.5) is 0 Å². The maximum atomic E-state index is 12.0. The van der Waals surface area contributed by atoms with E-state index in [4.69, 9.17) is 9.15 Å². The lowest BCUT2D eigenvalue weighted by atomic mass is 9.69. The molecule has 0 bridgehead atoms. The molecule has 2 aliphatic rings. The topological polar surface area (TPSA) is 71.8 Å². The molecule has 0 aromatic carbocycles. The molecular weight excluding hydrogens is 328 g/mol. The summed E-state index contributed by atoms with van der Waals surface area (Å²) in [5.74, 6) is 2.06. The van der Waals surface area contributed by atoms with Gasteiger partial charge in [0.25, 0.3) is 0 Å². The summed E-state index contributed by atoms with van der Waals surface area (Å²) in [7, 11) is -3.21. The minimum absolute atomic E-state index is 0.0239. The number of hydrogen-bond acceptors (Lipinski definition) is 5. The zero-order valence-corrected chi connectivity index (χ0v) is 15.4. The van der Waals surface area contributed by atoms with Crippen LogP contribution in [0.1, 0.15) is 37.7 Å². The molecule has 0 aliphatic carbocycles. The van der Waals surface area contributed by atoms with Gasteiger partial charge in [0.1, 0.15) is 11.5 Å². The molecule has 24 heavy (non-hydrogen) atoms. The molecule has 3 heterocycles. The van der Waals surface area contributed by atoms with E-state index in [0.29, 0.717) is 6.61 Å². The van der Waals surface area contributed by atoms with Crippen LogP contribution in [-0.2, 0) is 21.3 Å². The molecule has 0 saturated carbocycles. The predicted molar refractivity (Wildman–Crippen MR) is 92.2 cm³/mol. The Labute approximate surface area is 144 Å². The van der Waals surface area contributed by atoms with Crippen LogP contribution >= 0.6 is 0 Å². The molecule has 6 nitrogen and oxygen atoms in total. The number of ether oxygens (including phenoxy) is 1. The van der Waals surface area contributed by atoms with E-state index >= 15 is 0 Å². The molecule has 136 valence electrons. The van der Waals surface area contributed by atoms with Gasteiger partial charge in [-0.05, 0) is 63.7 Å². The Morgan fingerprint density at radius 1 is 1.29 bits per heavy atom. The first kappa shape index (κ1) is 17.9. The van der Waals surface area contributed by atoms with Crippen LogP contribution in [0.25, 0.3) is 0 Å². The lowest BCUT2D eigenvalue weighted by Crippen LogP contribution is -2.57. The number of hydrogen-bond donors (Lipinski definition) is 1. The van der Waals surface area contributed by atoms with Crippen LogP contribution < -0.4 is 4.72 Å². The fourth-order valence-corrected chi connectivity index (χ4v) is 4.75. The van der Waals surface area contributed by atoms with E-state index in [0.717, 1.165) is 57.0 Å². The molecule has 1 atom stereocenters. The van der Waals surface area contributed by atoms with Crippen molar-refractivity contribution in [3.8, 4) is 0 Å². The van der Waals surface area contributed by atoms with Crippen molar-refractivity contribution in [3.05, 3.63) is 23.7 Å². The van der Waals surface area contributed by atoms with Crippen molar-refractivity contribution < 1.29 is 17.6 Å². The fraction of sp³-hybridized carbons (Fsp3) is 0.765. The number of rotatable bonds is 5. The Hall–Kier alpha value is -0.890. The molecule has 1 aromatic rings. The van der Waals surface area contributed by atoms with Gasteiger partial charge in [0.15, 0.2) is 0 Å². The van der Waals surface area contributed by atoms with Crippen molar-refractivity contribution in [1.29, 1.82) is 0 Å². The fourth-order valence-electron chi connectivity index (χ4n) is 3.83. The summed E-state index contributed by atoms with van der Waals surface area (Å²) < 4.78 is 38.1. The van der Waals surface area contributed by atoms with Crippen LogP contribution in [0, 0.1) is 12.3 Å². The highest BCUT2D eigenvalue weighted by Gasteiger charge is 2.44. The Kier molecular flexibility index (Phi) is 5.34. The van der Waals surface area contributed by atoms with Gasteiger partial charge in [-0.25, -0.2) is 13.1 Å². The van der Waals surface area contributed by atoms with Crippen molar-refractivity contribution in [2.75, 3.05) is 32.1 Å². The molecule has 0 amide bonds. The van der Waals surface area contributed by atoms with Crippen LogP contribution in [0.3, 0.4) is 0 Å². The van der Waals surface area contributed by atoms with Crippen LogP contribution in [0.15, 0.2) is 16.5 Å². The van der Waals surface area contributed by atoms with Gasteiger partial charge < -0.3 is 9.15 Å². The Balaban J connectivity index is 1.63. The first-order valence-corrected chi connectivity index (χ1v) is 10.4. The summed E-state index contributed by atoms with van der Waals surface area (Å²) in [6, 6.07) is 3.92. The standard InChI is InChI=1S/C17H28N2O4S/c1-3-24(20,21)18-16-13-22-11-8-17(16)6-9-19(10-7-17)12-15-5-4-14(2)23-15/h4-5,16,18H,3,6-13H2,1-2H3/t16-/m0/s1. The maximum absolute atomic E-state index is 12.0. The number of piperidine rings is 1. The lowest BCUT2D eigenvalue weighted by molar-refractivity contribution is -0.0452. The third-order valence-corrected chi connectivity index (χ3v) is 6.90. The average molecular weight is 356 g/mol. The number of nitrogens with one attached hydrogen (secondary N) is 1. The van der Waals surface area contributed by atoms with Gasteiger partial charge in [-0.3, -0.25) is 4.90 Å². The second kappa shape index (κ2) is 7.15. The molecule has 1 N–H and O–H groups in total. The highest BCUT2D eigenvalue weighted by molar-refractivity contribution is 7.89. The number of sulfonamides is 1. The second-order valence-electron chi connectivity index (χ2n) is 7.05. The smallest absolute Gasteiger partial charge is 0.211 e. The van der Waals surface area contributed by atoms with Crippen LogP contribution in [0.2, 0.25) is 0 Å². The molecule has 2 fully saturated rings. The third kappa shape index (κ3) is 4.02. The number of aryl methyl sites for hydroxylation is 1. The Bertz CT molecular complexity index is 647. The minimum Gasteiger partial charge on any atom is -0.465 e. The first-order chi connectivity index (χ1) is 11.4. The molecule has 1 spiro atoms. The summed E-state index contributed by atoms with van der Waals surface area (Å²) in [6.45, 7) is 7.59. The molecule has 0 unspecified atom stereocenters. The van der Waals surface area contributed by atoms with Gasteiger partial charge in [-0.1, -0.05) is 0 Å². The van der Waals surface area contributed by atoms with E-state index in [-0.39, 0.29) is 17.2 Å². The van der Waals surface area contributed by atoms with E-state index in [2.05, 4.69) is 9.62 Å². The molecular formula is C17H28N2O4S. The van der Waals surface area contributed by atoms with Gasteiger partial charge in [0, 0.05) is 6.61 Å². The van der Waals surface area contributed by atoms with E-state index in [1.165, 1.54) is 0 Å². The third-order valence-electron chi connectivity index (χ3n) is 5.50. The molecule has 0 radical (unpaired) electrons. The first-order valence-electron chi connectivity index (χ1n) is 8.78. The van der Waals surface area contributed by atoms with Gasteiger partial charge in [0.2, 0.25) is 10.0 Å². The summed E-state index contributed by atoms with van der Waals surface area (Å²) in [6.07, 6.45) is 2.91. The zero-order valence-electron chi connectivity index (χ0n) is 14.6. The molecule has 2 aliphatic heterocycles.